The van der Waals surface area contributed by atoms with E-state index in [1.165, 1.54) is 49.2 Å². The van der Waals surface area contributed by atoms with E-state index in [0.717, 1.165) is 61.1 Å². The lowest BCUT2D eigenvalue weighted by Gasteiger charge is -2.11. The summed E-state index contributed by atoms with van der Waals surface area (Å²) in [6, 6.07) is 68.5. The number of furan rings is 1. The molecular formula is C55H32N4O. The normalized spacial score (nSPS) is 12.0. The van der Waals surface area contributed by atoms with Gasteiger partial charge in [-0.1, -0.05) is 133 Å². The van der Waals surface area contributed by atoms with Crippen molar-refractivity contribution in [2.45, 2.75) is 0 Å². The SMILES string of the molecule is c1ccc(-c2nc(-c3ccccc3)nc(-c3ccc(-n4c5ccccc5c5cc(-c6ccc7oc8cc9c%10c(cccc%10c8c7c6)-c6ccccc6-9)ccc54)cc3)n2)cc1. The lowest BCUT2D eigenvalue weighted by molar-refractivity contribution is 0.669. The highest BCUT2D eigenvalue weighted by Crippen LogP contribution is 2.51. The molecule has 13 rings (SSSR count). The molecule has 1 aliphatic rings. The van der Waals surface area contributed by atoms with Gasteiger partial charge < -0.3 is 8.98 Å². The molecule has 0 amide bonds. The van der Waals surface area contributed by atoms with Gasteiger partial charge in [0.25, 0.3) is 0 Å². The largest absolute Gasteiger partial charge is 0.456 e. The van der Waals surface area contributed by atoms with E-state index in [9.17, 15) is 0 Å². The fourth-order valence-electron chi connectivity index (χ4n) is 9.45. The summed E-state index contributed by atoms with van der Waals surface area (Å²) in [4.78, 5) is 14.8. The monoisotopic (exact) mass is 764 g/mol. The van der Waals surface area contributed by atoms with Crippen molar-refractivity contribution in [3.05, 3.63) is 194 Å². The molecular weight excluding hydrogens is 733 g/mol. The molecule has 3 aromatic heterocycles. The van der Waals surface area contributed by atoms with Crippen LogP contribution in [0.2, 0.25) is 0 Å². The van der Waals surface area contributed by atoms with Crippen LogP contribution in [0.3, 0.4) is 0 Å². The molecule has 3 heterocycles. The Morgan fingerprint density at radius 1 is 0.317 bits per heavy atom. The Hall–Kier alpha value is -8.15. The summed E-state index contributed by atoms with van der Waals surface area (Å²) in [6.45, 7) is 0. The topological polar surface area (TPSA) is 56.7 Å². The van der Waals surface area contributed by atoms with Crippen molar-refractivity contribution in [1.29, 1.82) is 0 Å². The average molecular weight is 765 g/mol. The minimum atomic E-state index is 0.634. The molecule has 0 radical (unpaired) electrons. The maximum absolute atomic E-state index is 6.59. The molecule has 1 aliphatic carbocycles. The smallest absolute Gasteiger partial charge is 0.164 e. The van der Waals surface area contributed by atoms with E-state index in [-0.39, 0.29) is 0 Å². The van der Waals surface area contributed by atoms with Gasteiger partial charge in [-0.05, 0) is 105 Å². The van der Waals surface area contributed by atoms with Gasteiger partial charge in [-0.2, -0.15) is 0 Å². The number of aromatic nitrogens is 4. The van der Waals surface area contributed by atoms with Crippen molar-refractivity contribution >= 4 is 54.5 Å². The summed E-state index contributed by atoms with van der Waals surface area (Å²) >= 11 is 0. The first kappa shape index (κ1) is 32.9. The number of benzene rings is 9. The minimum absolute atomic E-state index is 0.634. The Morgan fingerprint density at radius 2 is 0.850 bits per heavy atom. The zero-order valence-corrected chi connectivity index (χ0v) is 32.2. The highest BCUT2D eigenvalue weighted by molar-refractivity contribution is 6.28. The Morgan fingerprint density at radius 3 is 1.57 bits per heavy atom. The maximum Gasteiger partial charge on any atom is 0.164 e. The quantitative estimate of drug-likeness (QED) is 0.175. The first-order valence-electron chi connectivity index (χ1n) is 20.3. The van der Waals surface area contributed by atoms with E-state index in [0.29, 0.717) is 17.5 Å². The van der Waals surface area contributed by atoms with Gasteiger partial charge in [0, 0.05) is 43.9 Å². The second-order valence-electron chi connectivity index (χ2n) is 15.6. The average Bonchev–Trinajstić information content (AvgIpc) is 3.97. The molecule has 5 nitrogen and oxygen atoms in total. The molecule has 0 saturated carbocycles. The molecule has 0 unspecified atom stereocenters. The molecule has 9 aromatic carbocycles. The molecule has 0 spiro atoms. The van der Waals surface area contributed by atoms with Gasteiger partial charge in [0.2, 0.25) is 0 Å². The van der Waals surface area contributed by atoms with Crippen LogP contribution >= 0.6 is 0 Å². The number of hydrogen-bond acceptors (Lipinski definition) is 4. The van der Waals surface area contributed by atoms with Crippen molar-refractivity contribution in [3.63, 3.8) is 0 Å². The Balaban J connectivity index is 0.916. The zero-order chi connectivity index (χ0) is 39.3. The van der Waals surface area contributed by atoms with Crippen molar-refractivity contribution in [2.24, 2.45) is 0 Å². The van der Waals surface area contributed by atoms with E-state index >= 15 is 0 Å². The molecule has 0 fully saturated rings. The van der Waals surface area contributed by atoms with Crippen molar-refractivity contribution in [3.8, 4) is 73.2 Å². The summed E-state index contributed by atoms with van der Waals surface area (Å²) in [7, 11) is 0. The third-order valence-corrected chi connectivity index (χ3v) is 12.2. The molecule has 0 atom stereocenters. The van der Waals surface area contributed by atoms with Crippen LogP contribution in [-0.2, 0) is 0 Å². The van der Waals surface area contributed by atoms with Crippen LogP contribution in [0.4, 0.5) is 0 Å². The fraction of sp³-hybridized carbons (Fsp3) is 0. The highest BCUT2D eigenvalue weighted by atomic mass is 16.3. The van der Waals surface area contributed by atoms with Gasteiger partial charge in [-0.3, -0.25) is 0 Å². The Kier molecular flexibility index (Phi) is 6.95. The van der Waals surface area contributed by atoms with Crippen LogP contribution in [0.15, 0.2) is 199 Å². The van der Waals surface area contributed by atoms with Crippen LogP contribution in [0.1, 0.15) is 0 Å². The number of rotatable bonds is 5. The predicted octanol–water partition coefficient (Wildman–Crippen LogP) is 14.3. The second kappa shape index (κ2) is 12.7. The summed E-state index contributed by atoms with van der Waals surface area (Å²) in [5.74, 6) is 1.93. The van der Waals surface area contributed by atoms with Crippen molar-refractivity contribution in [2.75, 3.05) is 0 Å². The molecule has 60 heavy (non-hydrogen) atoms. The van der Waals surface area contributed by atoms with Gasteiger partial charge in [0.1, 0.15) is 11.2 Å². The summed E-state index contributed by atoms with van der Waals surface area (Å²) in [5.41, 5.74) is 15.4. The third kappa shape index (κ3) is 4.90. The fourth-order valence-corrected chi connectivity index (χ4v) is 9.45. The first-order chi connectivity index (χ1) is 29.7. The van der Waals surface area contributed by atoms with Crippen LogP contribution in [0.5, 0.6) is 0 Å². The number of hydrogen-bond donors (Lipinski definition) is 0. The first-order valence-corrected chi connectivity index (χ1v) is 20.3. The lowest BCUT2D eigenvalue weighted by Crippen LogP contribution is -2.00. The third-order valence-electron chi connectivity index (χ3n) is 12.2. The van der Waals surface area contributed by atoms with Crippen LogP contribution in [0.25, 0.3) is 128 Å². The van der Waals surface area contributed by atoms with E-state index in [4.69, 9.17) is 19.4 Å². The number of nitrogens with zero attached hydrogens (tertiary/aromatic N) is 4. The van der Waals surface area contributed by atoms with E-state index in [1.807, 2.05) is 60.7 Å². The van der Waals surface area contributed by atoms with Gasteiger partial charge in [-0.15, -0.1) is 0 Å². The standard InChI is InChI=1S/C55H32N4O/c1-3-12-33(13-4-1)53-56-54(34-14-5-2-6-15-34)58-55(57-53)35-22-26-38(27-23-35)59-47-21-10-9-18-41(47)44-30-36(24-28-48(44)59)37-25-29-49-46(31-37)52-43-20-11-19-42-39-16-7-8-17-40(39)45(51(42)43)32-50(52)60-49/h1-32H. The van der Waals surface area contributed by atoms with Crippen LogP contribution in [-0.4, -0.2) is 19.5 Å². The summed E-state index contributed by atoms with van der Waals surface area (Å²) in [5, 5.41) is 7.25. The maximum atomic E-state index is 6.59. The van der Waals surface area contributed by atoms with Crippen LogP contribution < -0.4 is 0 Å². The lowest BCUT2D eigenvalue weighted by atomic mass is 9.96. The molecule has 278 valence electrons. The van der Waals surface area contributed by atoms with Gasteiger partial charge in [0.15, 0.2) is 17.5 Å². The van der Waals surface area contributed by atoms with Crippen molar-refractivity contribution < 1.29 is 4.42 Å². The molecule has 0 bridgehead atoms. The molecule has 0 saturated heterocycles. The second-order valence-corrected chi connectivity index (χ2v) is 15.6. The zero-order valence-electron chi connectivity index (χ0n) is 32.2. The van der Waals surface area contributed by atoms with Crippen LogP contribution in [0, 0.1) is 0 Å². The van der Waals surface area contributed by atoms with Gasteiger partial charge in [0.05, 0.1) is 11.0 Å². The Bertz CT molecular complexity index is 3640. The van der Waals surface area contributed by atoms with E-state index < -0.39 is 0 Å². The summed E-state index contributed by atoms with van der Waals surface area (Å²) < 4.78 is 8.94. The van der Waals surface area contributed by atoms with E-state index in [1.54, 1.807) is 0 Å². The molecule has 0 N–H and O–H groups in total. The molecule has 12 aromatic rings. The number of fused-ring (bicyclic) bond motifs is 10. The Labute approximate surface area is 344 Å². The van der Waals surface area contributed by atoms with Gasteiger partial charge >= 0.3 is 0 Å². The minimum Gasteiger partial charge on any atom is -0.456 e. The molecule has 5 heteroatoms. The van der Waals surface area contributed by atoms with E-state index in [2.05, 4.69) is 138 Å². The highest BCUT2D eigenvalue weighted by Gasteiger charge is 2.25. The summed E-state index contributed by atoms with van der Waals surface area (Å²) in [6.07, 6.45) is 0. The number of para-hydroxylation sites is 1. The van der Waals surface area contributed by atoms with Crippen molar-refractivity contribution in [1.82, 2.24) is 19.5 Å². The predicted molar refractivity (Wildman–Crippen MR) is 245 cm³/mol. The molecule has 0 aliphatic heterocycles. The van der Waals surface area contributed by atoms with Gasteiger partial charge in [-0.25, -0.2) is 15.0 Å².